The summed E-state index contributed by atoms with van der Waals surface area (Å²) in [5, 5.41) is 30.2. The van der Waals surface area contributed by atoms with Crippen LogP contribution in [0.5, 0.6) is 5.75 Å². The molecule has 2 aliphatic rings. The molecule has 6 atom stereocenters. The molecule has 3 aromatic carbocycles. The van der Waals surface area contributed by atoms with Crippen LogP contribution in [0.3, 0.4) is 0 Å². The van der Waals surface area contributed by atoms with E-state index >= 15 is 0 Å². The van der Waals surface area contributed by atoms with Crippen LogP contribution in [0.2, 0.25) is 5.02 Å². The van der Waals surface area contributed by atoms with E-state index < -0.39 is 41.5 Å². The van der Waals surface area contributed by atoms with Gasteiger partial charge in [0.15, 0.2) is 5.82 Å². The van der Waals surface area contributed by atoms with Gasteiger partial charge in [0.2, 0.25) is 17.7 Å². The second-order valence-corrected chi connectivity index (χ2v) is 22.0. The predicted molar refractivity (Wildman–Crippen MR) is 278 cm³/mol. The van der Waals surface area contributed by atoms with E-state index in [4.69, 9.17) is 21.3 Å². The molecule has 0 radical (unpaired) electrons. The zero-order valence-corrected chi connectivity index (χ0v) is 43.8. The van der Waals surface area contributed by atoms with Crippen molar-refractivity contribution in [3.8, 4) is 21.2 Å². The molecule has 0 spiro atoms. The van der Waals surface area contributed by atoms with Gasteiger partial charge in [-0.05, 0) is 100 Å². The number of aliphatic imine (C=N–C) groups is 1. The SMILES string of the molecule is Cc1ncsc1-c1ccc([C@H](C)NC(=O)[C@@H]2C[C@@H](O)CN2C(=O)[C@@H](NC(=O)c2ccc(OC(C)CCNC(=O)C[C@@H]3N=C(c4ccc(Cl)cc4)c4c(sc(C)c4C)-n4c(C)nnc43)cc2)C(C)(C)C)cc1. The molecule has 4 N–H and O–H groups in total. The molecule has 0 saturated carbocycles. The number of likely N-dealkylation sites (tertiary alicyclic amines) is 1. The Bertz CT molecular complexity index is 2960. The van der Waals surface area contributed by atoms with Crippen LogP contribution in [0.1, 0.15) is 121 Å². The number of carbonyl (C=O) groups excluding carboxylic acids is 4. The Balaban J connectivity index is 0.850. The van der Waals surface area contributed by atoms with Crippen molar-refractivity contribution in [3.05, 3.63) is 133 Å². The first kappa shape index (κ1) is 51.1. The summed E-state index contributed by atoms with van der Waals surface area (Å²) < 4.78 is 8.19. The zero-order valence-electron chi connectivity index (χ0n) is 41.4. The Labute approximate surface area is 427 Å². The van der Waals surface area contributed by atoms with Crippen molar-refractivity contribution in [1.29, 1.82) is 0 Å². The van der Waals surface area contributed by atoms with Gasteiger partial charge in [0.05, 0.1) is 46.5 Å². The number of aryl methyl sites for hydroxylation is 3. The summed E-state index contributed by atoms with van der Waals surface area (Å²) in [6.07, 6.45) is -0.552. The molecular formula is C53H60ClN9O6S2. The highest BCUT2D eigenvalue weighted by atomic mass is 35.5. The van der Waals surface area contributed by atoms with Gasteiger partial charge in [-0.2, -0.15) is 0 Å². The van der Waals surface area contributed by atoms with E-state index in [0.29, 0.717) is 40.9 Å². The van der Waals surface area contributed by atoms with Crippen molar-refractivity contribution in [2.75, 3.05) is 13.1 Å². The van der Waals surface area contributed by atoms with E-state index in [1.807, 2.05) is 107 Å². The zero-order chi connectivity index (χ0) is 50.9. The molecule has 8 rings (SSSR count). The van der Waals surface area contributed by atoms with Crippen LogP contribution in [0.25, 0.3) is 15.4 Å². The third-order valence-electron chi connectivity index (χ3n) is 13.1. The van der Waals surface area contributed by atoms with Crippen molar-refractivity contribution in [2.45, 2.75) is 118 Å². The minimum Gasteiger partial charge on any atom is -0.491 e. The number of β-amino-alcohol motifs (C(OH)–C–C–N with tert-alkyl or cyclic N) is 1. The average Bonchev–Trinajstić information content (AvgIpc) is 4.10. The van der Waals surface area contributed by atoms with Crippen LogP contribution < -0.4 is 20.7 Å². The highest BCUT2D eigenvalue weighted by Gasteiger charge is 2.45. The molecule has 1 unspecified atom stereocenters. The molecule has 18 heteroatoms. The number of aliphatic hydroxyl groups excluding tert-OH is 1. The lowest BCUT2D eigenvalue weighted by Gasteiger charge is -2.35. The molecule has 2 aliphatic heterocycles. The molecule has 372 valence electrons. The van der Waals surface area contributed by atoms with Gasteiger partial charge in [-0.15, -0.1) is 32.9 Å². The summed E-state index contributed by atoms with van der Waals surface area (Å²) in [6, 6.07) is 19.2. The fourth-order valence-corrected chi connectivity index (χ4v) is 11.2. The second kappa shape index (κ2) is 21.2. The molecule has 5 heterocycles. The van der Waals surface area contributed by atoms with Gasteiger partial charge in [0.1, 0.15) is 34.7 Å². The van der Waals surface area contributed by atoms with Gasteiger partial charge in [0.25, 0.3) is 5.91 Å². The van der Waals surface area contributed by atoms with Crippen LogP contribution in [0.15, 0.2) is 83.3 Å². The molecule has 4 amide bonds. The van der Waals surface area contributed by atoms with Crippen LogP contribution >= 0.6 is 34.3 Å². The van der Waals surface area contributed by atoms with E-state index in [-0.39, 0.29) is 43.3 Å². The molecule has 1 saturated heterocycles. The van der Waals surface area contributed by atoms with Crippen molar-refractivity contribution in [3.63, 3.8) is 0 Å². The first-order valence-electron chi connectivity index (χ1n) is 23.8. The van der Waals surface area contributed by atoms with Gasteiger partial charge < -0.3 is 30.7 Å². The quantitative estimate of drug-likeness (QED) is 0.0780. The number of carbonyl (C=O) groups is 4. The van der Waals surface area contributed by atoms with E-state index in [1.165, 1.54) is 4.90 Å². The number of amides is 4. The standard InChI is InChI=1S/C53H60ClN9O6S2/c1-28(22-23-55-43(65)25-41-48-61-60-33(6)63(48)52-44(29(2)32(5)71-52)45(58-41)35-14-18-38(54)19-15-35)69-40-20-16-37(17-21-40)49(66)59-47(53(7,8)9)51(68)62-26-39(64)24-42(62)50(67)57-30(3)34-10-12-36(13-11-34)46-31(4)56-27-70-46/h10-21,27-28,30,39,41-42,47,64H,22-26H2,1-9H3,(H,55,65)(H,57,67)(H,59,66)/t28?,30-,39+,41-,42-,47+/m0/s1. The second-order valence-electron chi connectivity index (χ2n) is 19.5. The molecular weight excluding hydrogens is 958 g/mol. The fraction of sp³-hybridized carbons (Fsp3) is 0.396. The summed E-state index contributed by atoms with van der Waals surface area (Å²) in [4.78, 5) is 68.6. The highest BCUT2D eigenvalue weighted by Crippen LogP contribution is 2.40. The Morgan fingerprint density at radius 1 is 0.915 bits per heavy atom. The minimum atomic E-state index is -1.01. The summed E-state index contributed by atoms with van der Waals surface area (Å²) in [6.45, 7) is 17.7. The lowest BCUT2D eigenvalue weighted by atomic mass is 9.85. The Morgan fingerprint density at radius 2 is 1.61 bits per heavy atom. The van der Waals surface area contributed by atoms with E-state index in [2.05, 4.69) is 45.0 Å². The van der Waals surface area contributed by atoms with Crippen LogP contribution in [0.4, 0.5) is 0 Å². The number of aromatic nitrogens is 4. The minimum absolute atomic E-state index is 0.0364. The summed E-state index contributed by atoms with van der Waals surface area (Å²) in [5.74, 6) is 0.346. The van der Waals surface area contributed by atoms with Crippen molar-refractivity contribution >= 4 is 63.6 Å². The number of hydrogen-bond donors (Lipinski definition) is 4. The van der Waals surface area contributed by atoms with Crippen LogP contribution in [-0.2, 0) is 14.4 Å². The Hall–Kier alpha value is -6.27. The number of fused-ring (bicyclic) bond motifs is 3. The molecule has 3 aromatic heterocycles. The smallest absolute Gasteiger partial charge is 0.251 e. The van der Waals surface area contributed by atoms with E-state index in [1.54, 1.807) is 46.9 Å². The summed E-state index contributed by atoms with van der Waals surface area (Å²) >= 11 is 9.49. The molecule has 1 fully saturated rings. The number of thiophene rings is 1. The average molecular weight is 1020 g/mol. The number of hydrogen-bond acceptors (Lipinski definition) is 12. The lowest BCUT2D eigenvalue weighted by molar-refractivity contribution is -0.142. The third kappa shape index (κ3) is 11.3. The maximum Gasteiger partial charge on any atom is 0.251 e. The van der Waals surface area contributed by atoms with Gasteiger partial charge in [-0.3, -0.25) is 28.7 Å². The van der Waals surface area contributed by atoms with Crippen molar-refractivity contribution in [2.24, 2.45) is 10.4 Å². The largest absolute Gasteiger partial charge is 0.491 e. The highest BCUT2D eigenvalue weighted by molar-refractivity contribution is 7.15. The normalized spacial score (nSPS) is 17.8. The first-order chi connectivity index (χ1) is 33.8. The number of halogens is 1. The number of ether oxygens (including phenoxy) is 1. The maximum absolute atomic E-state index is 14.3. The van der Waals surface area contributed by atoms with Gasteiger partial charge in [0, 0.05) is 52.5 Å². The monoisotopic (exact) mass is 1020 g/mol. The number of nitrogens with zero attached hydrogens (tertiary/aromatic N) is 6. The van der Waals surface area contributed by atoms with Crippen molar-refractivity contribution < 1.29 is 29.0 Å². The maximum atomic E-state index is 14.3. The predicted octanol–water partition coefficient (Wildman–Crippen LogP) is 8.58. The molecule has 71 heavy (non-hydrogen) atoms. The third-order valence-corrected chi connectivity index (χ3v) is 15.5. The number of thiazole rings is 1. The molecule has 0 aliphatic carbocycles. The molecule has 0 bridgehead atoms. The number of rotatable bonds is 15. The lowest BCUT2D eigenvalue weighted by Crippen LogP contribution is -2.57. The Kier molecular flexibility index (Phi) is 15.3. The number of benzene rings is 3. The van der Waals surface area contributed by atoms with Gasteiger partial charge in [-0.1, -0.05) is 68.8 Å². The molecule has 15 nitrogen and oxygen atoms in total. The van der Waals surface area contributed by atoms with Gasteiger partial charge in [-0.25, -0.2) is 4.98 Å². The van der Waals surface area contributed by atoms with E-state index in [0.717, 1.165) is 54.0 Å². The van der Waals surface area contributed by atoms with E-state index in [9.17, 15) is 24.3 Å². The number of nitrogens with one attached hydrogen (secondary N) is 3. The fourth-order valence-electron chi connectivity index (χ4n) is 9.00. The van der Waals surface area contributed by atoms with Crippen molar-refractivity contribution in [1.82, 2.24) is 40.6 Å². The number of aliphatic hydroxyl groups is 1. The van der Waals surface area contributed by atoms with Gasteiger partial charge >= 0.3 is 0 Å². The summed E-state index contributed by atoms with van der Waals surface area (Å²) in [7, 11) is 0. The first-order valence-corrected chi connectivity index (χ1v) is 25.8. The Morgan fingerprint density at radius 3 is 2.27 bits per heavy atom. The molecule has 6 aromatic rings. The summed E-state index contributed by atoms with van der Waals surface area (Å²) in [5.41, 5.74) is 8.05. The van der Waals surface area contributed by atoms with Crippen LogP contribution in [-0.4, -0.2) is 96.5 Å². The topological polar surface area (TPSA) is 193 Å². The van der Waals surface area contributed by atoms with Crippen LogP contribution in [0, 0.1) is 33.1 Å².